The highest BCUT2D eigenvalue weighted by molar-refractivity contribution is 5.93. The Labute approximate surface area is 137 Å². The van der Waals surface area contributed by atoms with Gasteiger partial charge in [-0.1, -0.05) is 29.8 Å². The van der Waals surface area contributed by atoms with Crippen molar-refractivity contribution in [3.63, 3.8) is 0 Å². The number of carbonyl (C=O) groups excluding carboxylic acids is 1. The maximum Gasteiger partial charge on any atom is 0.269 e. The highest BCUT2D eigenvalue weighted by atomic mass is 19.1. The van der Waals surface area contributed by atoms with Crippen molar-refractivity contribution in [2.24, 2.45) is 0 Å². The molecule has 0 aliphatic heterocycles. The smallest absolute Gasteiger partial charge is 0.269 e. The molecule has 1 heterocycles. The Morgan fingerprint density at radius 2 is 1.75 bits per heavy atom. The summed E-state index contributed by atoms with van der Waals surface area (Å²) in [5.74, 6) is -1.75. The van der Waals surface area contributed by atoms with Crippen LogP contribution in [-0.4, -0.2) is 16.1 Å². The minimum atomic E-state index is -0.678. The van der Waals surface area contributed by atoms with Crippen LogP contribution in [0.15, 0.2) is 48.5 Å². The lowest BCUT2D eigenvalue weighted by Crippen LogP contribution is -2.23. The molecule has 0 bridgehead atoms. The fourth-order valence-electron chi connectivity index (χ4n) is 2.30. The molecule has 1 amide bonds. The standard InChI is InChI=1S/C18H15F2N3O/c1-11-2-4-13(5-3-11)16-9-17(23-22-16)18(24)21-10-12-6-14(19)8-15(20)7-12/h2-9H,10H2,1H3,(H,21,24)(H,22,23). The van der Waals surface area contributed by atoms with Gasteiger partial charge in [0.15, 0.2) is 0 Å². The minimum Gasteiger partial charge on any atom is -0.347 e. The van der Waals surface area contributed by atoms with Gasteiger partial charge < -0.3 is 5.32 Å². The molecule has 24 heavy (non-hydrogen) atoms. The van der Waals surface area contributed by atoms with E-state index in [-0.39, 0.29) is 12.2 Å². The maximum absolute atomic E-state index is 13.1. The van der Waals surface area contributed by atoms with E-state index in [1.165, 1.54) is 12.1 Å². The van der Waals surface area contributed by atoms with Crippen LogP contribution < -0.4 is 5.32 Å². The highest BCUT2D eigenvalue weighted by Crippen LogP contribution is 2.18. The molecule has 0 saturated carbocycles. The second kappa shape index (κ2) is 6.62. The summed E-state index contributed by atoms with van der Waals surface area (Å²) in [5, 5.41) is 9.38. The van der Waals surface area contributed by atoms with E-state index >= 15 is 0 Å². The normalized spacial score (nSPS) is 10.6. The predicted octanol–water partition coefficient (Wildman–Crippen LogP) is 3.59. The average molecular weight is 327 g/mol. The number of aryl methyl sites for hydroxylation is 1. The zero-order valence-electron chi connectivity index (χ0n) is 12.9. The largest absolute Gasteiger partial charge is 0.347 e. The van der Waals surface area contributed by atoms with E-state index in [4.69, 9.17) is 0 Å². The third-order valence-corrected chi connectivity index (χ3v) is 3.55. The quantitative estimate of drug-likeness (QED) is 0.769. The van der Waals surface area contributed by atoms with Crippen LogP contribution in [0.5, 0.6) is 0 Å². The van der Waals surface area contributed by atoms with Gasteiger partial charge in [0.2, 0.25) is 0 Å². The van der Waals surface area contributed by atoms with Gasteiger partial charge in [0.25, 0.3) is 5.91 Å². The van der Waals surface area contributed by atoms with Gasteiger partial charge in [-0.25, -0.2) is 8.78 Å². The van der Waals surface area contributed by atoms with Gasteiger partial charge in [-0.15, -0.1) is 0 Å². The van der Waals surface area contributed by atoms with E-state index in [9.17, 15) is 13.6 Å². The lowest BCUT2D eigenvalue weighted by atomic mass is 10.1. The minimum absolute atomic E-state index is 0.0202. The van der Waals surface area contributed by atoms with Crippen molar-refractivity contribution in [2.45, 2.75) is 13.5 Å². The van der Waals surface area contributed by atoms with Crippen molar-refractivity contribution >= 4 is 5.91 Å². The Morgan fingerprint density at radius 1 is 1.08 bits per heavy atom. The molecular formula is C18H15F2N3O. The molecule has 3 rings (SSSR count). The zero-order chi connectivity index (χ0) is 17.1. The highest BCUT2D eigenvalue weighted by Gasteiger charge is 2.11. The number of aromatic amines is 1. The van der Waals surface area contributed by atoms with E-state index in [0.29, 0.717) is 11.3 Å². The van der Waals surface area contributed by atoms with Crippen LogP contribution in [0, 0.1) is 18.6 Å². The molecule has 0 aliphatic carbocycles. The Hall–Kier alpha value is -3.02. The van der Waals surface area contributed by atoms with Crippen molar-refractivity contribution in [3.8, 4) is 11.3 Å². The zero-order valence-corrected chi connectivity index (χ0v) is 12.9. The number of carbonyl (C=O) groups is 1. The summed E-state index contributed by atoms with van der Waals surface area (Å²) in [6.07, 6.45) is 0. The summed E-state index contributed by atoms with van der Waals surface area (Å²) in [5.41, 5.74) is 3.30. The van der Waals surface area contributed by atoms with Gasteiger partial charge in [-0.3, -0.25) is 9.89 Å². The monoisotopic (exact) mass is 327 g/mol. The van der Waals surface area contributed by atoms with E-state index in [1.54, 1.807) is 6.07 Å². The first-order valence-electron chi connectivity index (χ1n) is 7.37. The number of nitrogens with zero attached hydrogens (tertiary/aromatic N) is 1. The molecule has 0 spiro atoms. The Balaban J connectivity index is 1.68. The van der Waals surface area contributed by atoms with Crippen LogP contribution >= 0.6 is 0 Å². The fourth-order valence-corrected chi connectivity index (χ4v) is 2.30. The number of hydrogen-bond acceptors (Lipinski definition) is 2. The van der Waals surface area contributed by atoms with E-state index in [2.05, 4.69) is 15.5 Å². The second-order valence-electron chi connectivity index (χ2n) is 5.49. The number of benzene rings is 2. The lowest BCUT2D eigenvalue weighted by Gasteiger charge is -2.04. The van der Waals surface area contributed by atoms with Crippen molar-refractivity contribution in [3.05, 3.63) is 77.0 Å². The summed E-state index contributed by atoms with van der Waals surface area (Å²) in [6, 6.07) is 12.5. The Kier molecular flexibility index (Phi) is 4.37. The van der Waals surface area contributed by atoms with Crippen LogP contribution in [0.25, 0.3) is 11.3 Å². The van der Waals surface area contributed by atoms with Gasteiger partial charge in [0, 0.05) is 18.2 Å². The van der Waals surface area contributed by atoms with Gasteiger partial charge in [0.05, 0.1) is 5.69 Å². The van der Waals surface area contributed by atoms with Crippen LogP contribution in [0.1, 0.15) is 21.6 Å². The average Bonchev–Trinajstić information content (AvgIpc) is 3.02. The van der Waals surface area contributed by atoms with Gasteiger partial charge in [-0.2, -0.15) is 5.10 Å². The van der Waals surface area contributed by atoms with Crippen LogP contribution in [0.4, 0.5) is 8.78 Å². The number of nitrogens with one attached hydrogen (secondary N) is 2. The van der Waals surface area contributed by atoms with Crippen molar-refractivity contribution in [1.29, 1.82) is 0 Å². The number of H-pyrrole nitrogens is 1. The number of amides is 1. The summed E-state index contributed by atoms with van der Waals surface area (Å²) in [7, 11) is 0. The first kappa shape index (κ1) is 15.9. The molecular weight excluding hydrogens is 312 g/mol. The molecule has 122 valence electrons. The van der Waals surface area contributed by atoms with Gasteiger partial charge in [0.1, 0.15) is 17.3 Å². The van der Waals surface area contributed by atoms with E-state index in [0.717, 1.165) is 17.2 Å². The lowest BCUT2D eigenvalue weighted by molar-refractivity contribution is 0.0945. The predicted molar refractivity (Wildman–Crippen MR) is 86.3 cm³/mol. The summed E-state index contributed by atoms with van der Waals surface area (Å²) in [6.45, 7) is 2.01. The molecule has 1 aromatic heterocycles. The van der Waals surface area contributed by atoms with Crippen molar-refractivity contribution in [2.75, 3.05) is 0 Å². The molecule has 0 saturated heterocycles. The molecule has 0 unspecified atom stereocenters. The fraction of sp³-hybridized carbons (Fsp3) is 0.111. The van der Waals surface area contributed by atoms with E-state index < -0.39 is 17.5 Å². The summed E-state index contributed by atoms with van der Waals surface area (Å²) >= 11 is 0. The van der Waals surface area contributed by atoms with E-state index in [1.807, 2.05) is 31.2 Å². The molecule has 2 aromatic carbocycles. The van der Waals surface area contributed by atoms with Crippen LogP contribution in [0.2, 0.25) is 0 Å². The number of rotatable bonds is 4. The summed E-state index contributed by atoms with van der Waals surface area (Å²) < 4.78 is 26.3. The third-order valence-electron chi connectivity index (χ3n) is 3.55. The molecule has 0 fully saturated rings. The molecule has 4 nitrogen and oxygen atoms in total. The number of hydrogen-bond donors (Lipinski definition) is 2. The topological polar surface area (TPSA) is 57.8 Å². The maximum atomic E-state index is 13.1. The van der Waals surface area contributed by atoms with Gasteiger partial charge >= 0.3 is 0 Å². The number of halogens is 2. The Morgan fingerprint density at radius 3 is 2.42 bits per heavy atom. The van der Waals surface area contributed by atoms with Crippen molar-refractivity contribution < 1.29 is 13.6 Å². The van der Waals surface area contributed by atoms with Crippen molar-refractivity contribution in [1.82, 2.24) is 15.5 Å². The molecule has 0 radical (unpaired) electrons. The molecule has 0 aliphatic rings. The van der Waals surface area contributed by atoms with Crippen LogP contribution in [-0.2, 0) is 6.54 Å². The third kappa shape index (κ3) is 3.65. The second-order valence-corrected chi connectivity index (χ2v) is 5.49. The molecule has 6 heteroatoms. The molecule has 2 N–H and O–H groups in total. The Bertz CT molecular complexity index is 852. The van der Waals surface area contributed by atoms with Gasteiger partial charge in [-0.05, 0) is 30.7 Å². The first-order chi connectivity index (χ1) is 11.5. The first-order valence-corrected chi connectivity index (χ1v) is 7.37. The molecule has 0 atom stereocenters. The number of aromatic nitrogens is 2. The molecule has 3 aromatic rings. The summed E-state index contributed by atoms with van der Waals surface area (Å²) in [4.78, 5) is 12.1. The SMILES string of the molecule is Cc1ccc(-c2cc(C(=O)NCc3cc(F)cc(F)c3)[nH]n2)cc1. The van der Waals surface area contributed by atoms with Crippen LogP contribution in [0.3, 0.4) is 0 Å².